The van der Waals surface area contributed by atoms with Gasteiger partial charge in [0.25, 0.3) is 0 Å². The fraction of sp³-hybridized carbons (Fsp3) is 0.639. The Hall–Kier alpha value is -4.02. The predicted molar refractivity (Wildman–Crippen MR) is 344 cm³/mol. The van der Waals surface area contributed by atoms with E-state index >= 15 is 0 Å². The quantitative estimate of drug-likeness (QED) is 0.0874. The second-order valence-electron chi connectivity index (χ2n) is 24.4. The summed E-state index contributed by atoms with van der Waals surface area (Å²) in [5, 5.41) is 0. The molecule has 0 spiro atoms. The fourth-order valence-corrected chi connectivity index (χ4v) is 9.87. The summed E-state index contributed by atoms with van der Waals surface area (Å²) < 4.78 is 0. The molecular weight excluding hydrogens is 921 g/mol. The van der Waals surface area contributed by atoms with E-state index in [1.54, 1.807) is 11.4 Å². The van der Waals surface area contributed by atoms with Gasteiger partial charge in [-0.1, -0.05) is 246 Å². The number of nitrogens with zero attached hydrogens (tertiary/aromatic N) is 4. The van der Waals surface area contributed by atoms with E-state index in [0.29, 0.717) is 48.3 Å². The molecule has 2 aliphatic rings. The van der Waals surface area contributed by atoms with Crippen molar-refractivity contribution in [2.45, 2.75) is 278 Å². The van der Waals surface area contributed by atoms with Gasteiger partial charge in [-0.25, -0.2) is 0 Å². The van der Waals surface area contributed by atoms with Crippen LogP contribution in [-0.4, -0.2) is 46.3 Å². The molecule has 0 saturated carbocycles. The lowest BCUT2D eigenvalue weighted by atomic mass is 9.96. The van der Waals surface area contributed by atoms with Gasteiger partial charge in [0.15, 0.2) is 0 Å². The minimum absolute atomic E-state index is 0.413. The highest BCUT2D eigenvalue weighted by Crippen LogP contribution is 2.40. The lowest BCUT2D eigenvalue weighted by molar-refractivity contribution is 0.143. The molecule has 0 aromatic heterocycles. The minimum atomic E-state index is 0.413. The van der Waals surface area contributed by atoms with E-state index in [-0.39, 0.29) is 0 Å². The number of benzene rings is 4. The molecule has 76 heavy (non-hydrogen) atoms. The van der Waals surface area contributed by atoms with Gasteiger partial charge in [-0.2, -0.15) is 0 Å². The zero-order valence-corrected chi connectivity index (χ0v) is 53.7. The molecule has 0 N–H and O–H groups in total. The van der Waals surface area contributed by atoms with Crippen LogP contribution in [0.3, 0.4) is 0 Å². The van der Waals surface area contributed by atoms with Gasteiger partial charge in [-0.3, -0.25) is 4.90 Å². The van der Waals surface area contributed by atoms with Crippen molar-refractivity contribution < 1.29 is 0 Å². The van der Waals surface area contributed by atoms with Crippen molar-refractivity contribution >= 4 is 11.4 Å². The second kappa shape index (κ2) is 39.4. The Bertz CT molecular complexity index is 1920. The molecule has 0 bridgehead atoms. The van der Waals surface area contributed by atoms with Crippen molar-refractivity contribution in [3.8, 4) is 0 Å². The molecule has 2 heterocycles. The van der Waals surface area contributed by atoms with E-state index in [9.17, 15) is 0 Å². The van der Waals surface area contributed by atoms with Gasteiger partial charge >= 0.3 is 0 Å². The number of anilines is 2. The molecule has 1 saturated heterocycles. The summed E-state index contributed by atoms with van der Waals surface area (Å²) in [6.45, 7) is 50.1. The maximum Gasteiger partial charge on any atom is 0.103 e. The van der Waals surface area contributed by atoms with E-state index in [4.69, 9.17) is 0 Å². The first-order chi connectivity index (χ1) is 36.1. The summed E-state index contributed by atoms with van der Waals surface area (Å²) >= 11 is 0. The summed E-state index contributed by atoms with van der Waals surface area (Å²) in [7, 11) is 0. The number of para-hydroxylation sites is 2. The van der Waals surface area contributed by atoms with Crippen molar-refractivity contribution in [3.63, 3.8) is 0 Å². The van der Waals surface area contributed by atoms with Crippen LogP contribution >= 0.6 is 0 Å². The van der Waals surface area contributed by atoms with Crippen molar-refractivity contribution in [2.24, 2.45) is 23.7 Å². The van der Waals surface area contributed by atoms with Crippen molar-refractivity contribution in [3.05, 3.63) is 144 Å². The van der Waals surface area contributed by atoms with Crippen LogP contribution in [0.15, 0.2) is 133 Å². The van der Waals surface area contributed by atoms with Crippen molar-refractivity contribution in [1.82, 2.24) is 9.80 Å². The molecule has 6 rings (SSSR count). The molecule has 4 nitrogen and oxygen atoms in total. The lowest BCUT2D eigenvalue weighted by Crippen LogP contribution is -2.43. The Labute approximate surface area is 473 Å². The van der Waals surface area contributed by atoms with Crippen LogP contribution in [0, 0.1) is 23.7 Å². The molecule has 1 fully saturated rings. The van der Waals surface area contributed by atoms with Gasteiger partial charge in [0.2, 0.25) is 0 Å². The van der Waals surface area contributed by atoms with Crippen LogP contribution in [0.1, 0.15) is 252 Å². The van der Waals surface area contributed by atoms with Gasteiger partial charge in [-0.15, -0.1) is 0 Å². The van der Waals surface area contributed by atoms with Gasteiger partial charge in [0.05, 0.1) is 6.17 Å². The highest BCUT2D eigenvalue weighted by molar-refractivity contribution is 5.56. The second-order valence-corrected chi connectivity index (χ2v) is 24.4. The molecule has 4 aromatic carbocycles. The van der Waals surface area contributed by atoms with E-state index in [2.05, 4.69) is 281 Å². The summed E-state index contributed by atoms with van der Waals surface area (Å²) in [5.74, 6) is 4.72. The Morgan fingerprint density at radius 3 is 1.03 bits per heavy atom. The molecule has 4 unspecified atom stereocenters. The number of hydrogen-bond donors (Lipinski definition) is 0. The number of rotatable bonds is 20. The maximum absolute atomic E-state index is 2.77. The molecule has 0 radical (unpaired) electrons. The molecule has 0 amide bonds. The zero-order chi connectivity index (χ0) is 57.3. The first-order valence-corrected chi connectivity index (χ1v) is 31.2. The number of hydrogen-bond acceptors (Lipinski definition) is 4. The van der Waals surface area contributed by atoms with Crippen LogP contribution in [0.4, 0.5) is 11.4 Å². The summed E-state index contributed by atoms with van der Waals surface area (Å²) in [5.41, 5.74) is 8.71. The molecule has 4 atom stereocenters. The topological polar surface area (TPSA) is 13.0 Å². The SMILES string of the molecule is CC(C)C(C)C.CC(C)C(C)C.CC(C)c1ccccc1.CC(C)c1ccccc1.CCCCC1=C(CCCC)N(C(C)C)C(C)N1c1ccccc1.CCCCC1C(CCCC)N(C(C)C)C(C)N1c1ccccc1. The van der Waals surface area contributed by atoms with Crippen LogP contribution in [-0.2, 0) is 0 Å². The zero-order valence-electron chi connectivity index (χ0n) is 53.7. The number of allylic oxidation sites excluding steroid dienone is 2. The molecule has 430 valence electrons. The third-order valence-electron chi connectivity index (χ3n) is 15.8. The minimum Gasteiger partial charge on any atom is -0.351 e. The van der Waals surface area contributed by atoms with Gasteiger partial charge in [0, 0.05) is 46.9 Å². The Morgan fingerprint density at radius 1 is 0.368 bits per heavy atom. The molecular formula is C72H122N4. The molecule has 0 aliphatic carbocycles. The van der Waals surface area contributed by atoms with E-state index in [1.807, 2.05) is 12.1 Å². The van der Waals surface area contributed by atoms with Gasteiger partial charge < -0.3 is 14.7 Å². The van der Waals surface area contributed by atoms with Crippen molar-refractivity contribution in [2.75, 3.05) is 9.80 Å². The standard InChI is InChI=1S/C21H36N2.C21H34N2.2C9H12.2C6H14/c2*1-6-8-15-20-21(16-9-7-2)23(18(5)22(20)17(3)4)19-13-11-10-12-14-19;2*1-8(2)9-6-4-3-5-7-9;2*1-5(2)6(3)4/h10-14,17-18,20-21H,6-9,15-16H2,1-5H3;10-14,17-18H,6-9,15-16H2,1-5H3;2*3-8H,1-2H3;2*5-6H,1-4H3. The maximum atomic E-state index is 2.77. The Balaban J connectivity index is 0.000000501. The lowest BCUT2D eigenvalue weighted by Gasteiger charge is -2.35. The van der Waals surface area contributed by atoms with E-state index < -0.39 is 0 Å². The largest absolute Gasteiger partial charge is 0.351 e. The monoisotopic (exact) mass is 1040 g/mol. The molecule has 4 heteroatoms. The third-order valence-corrected chi connectivity index (χ3v) is 15.8. The third kappa shape index (κ3) is 24.8. The molecule has 2 aliphatic heterocycles. The van der Waals surface area contributed by atoms with Crippen molar-refractivity contribution in [1.29, 1.82) is 0 Å². The first kappa shape index (κ1) is 70.0. The predicted octanol–water partition coefficient (Wildman–Crippen LogP) is 22.1. The Kier molecular flexibility index (Phi) is 36.2. The smallest absolute Gasteiger partial charge is 0.103 e. The van der Waals surface area contributed by atoms with Crippen LogP contribution in [0.25, 0.3) is 0 Å². The molecule has 4 aromatic rings. The highest BCUT2D eigenvalue weighted by atomic mass is 15.5. The average molecular weight is 1040 g/mol. The summed E-state index contributed by atoms with van der Waals surface area (Å²) in [6.07, 6.45) is 16.3. The van der Waals surface area contributed by atoms with Crippen LogP contribution < -0.4 is 9.80 Å². The number of unbranched alkanes of at least 4 members (excludes halogenated alkanes) is 4. The van der Waals surface area contributed by atoms with Gasteiger partial charge in [0.1, 0.15) is 6.17 Å². The Morgan fingerprint density at radius 2 is 0.711 bits per heavy atom. The van der Waals surface area contributed by atoms with Crippen LogP contribution in [0.5, 0.6) is 0 Å². The van der Waals surface area contributed by atoms with Gasteiger partial charge in [-0.05, 0) is 151 Å². The van der Waals surface area contributed by atoms with E-state index in [1.165, 1.54) is 99.6 Å². The average Bonchev–Trinajstić information content (AvgIpc) is 3.85. The highest BCUT2D eigenvalue weighted by Gasteiger charge is 2.45. The van der Waals surface area contributed by atoms with Crippen LogP contribution in [0.2, 0.25) is 0 Å². The summed E-state index contributed by atoms with van der Waals surface area (Å²) in [4.78, 5) is 10.7. The normalized spacial score (nSPS) is 17.4. The fourth-order valence-electron chi connectivity index (χ4n) is 9.87. The summed E-state index contributed by atoms with van der Waals surface area (Å²) in [6, 6.07) is 45.5. The van der Waals surface area contributed by atoms with E-state index in [0.717, 1.165) is 23.7 Å². The first-order valence-electron chi connectivity index (χ1n) is 31.2.